The lowest BCUT2D eigenvalue weighted by Crippen LogP contribution is -2.51. The molecule has 0 radical (unpaired) electrons. The Hall–Kier alpha value is -1.63. The third-order valence-corrected chi connectivity index (χ3v) is 4.26. The van der Waals surface area contributed by atoms with Crippen molar-refractivity contribution in [2.45, 2.75) is 44.6 Å². The number of carboxylic acids is 1. The third kappa shape index (κ3) is 4.69. The van der Waals surface area contributed by atoms with Gasteiger partial charge in [-0.3, -0.25) is 9.59 Å². The molecule has 2 unspecified atom stereocenters. The molecule has 2 rings (SSSR count). The molecule has 0 aliphatic carbocycles. The molecule has 2 amide bonds. The van der Waals surface area contributed by atoms with Crippen molar-refractivity contribution in [3.63, 3.8) is 0 Å². The Morgan fingerprint density at radius 2 is 2.14 bits per heavy atom. The molecule has 0 aromatic heterocycles. The summed E-state index contributed by atoms with van der Waals surface area (Å²) in [7, 11) is 0. The summed E-state index contributed by atoms with van der Waals surface area (Å²) in [6, 6.07) is -0.949. The highest BCUT2D eigenvalue weighted by Crippen LogP contribution is 2.18. The molecule has 2 saturated heterocycles. The van der Waals surface area contributed by atoms with E-state index in [9.17, 15) is 19.5 Å². The van der Waals surface area contributed by atoms with E-state index < -0.39 is 17.9 Å². The standard InChI is InChI=1S/C15H24N2O5/c18-12(9-17-7-3-1-2-6-13(17)19)16-14(15(20)21)11-5-4-8-22-10-11/h11,14H,1-10H2,(H,16,18)(H,20,21). The smallest absolute Gasteiger partial charge is 0.326 e. The van der Waals surface area contributed by atoms with Gasteiger partial charge in [-0.1, -0.05) is 6.42 Å². The van der Waals surface area contributed by atoms with E-state index in [0.29, 0.717) is 26.2 Å². The van der Waals surface area contributed by atoms with Crippen LogP contribution in [-0.2, 0) is 19.1 Å². The first-order valence-electron chi connectivity index (χ1n) is 7.95. The van der Waals surface area contributed by atoms with E-state index in [1.54, 1.807) is 0 Å². The SMILES string of the molecule is O=C(CN1CCCCCC1=O)NC(C(=O)O)C1CCCOC1. The summed E-state index contributed by atoms with van der Waals surface area (Å²) in [5, 5.41) is 11.9. The molecule has 7 nitrogen and oxygen atoms in total. The van der Waals surface area contributed by atoms with Gasteiger partial charge in [0, 0.05) is 25.5 Å². The van der Waals surface area contributed by atoms with Gasteiger partial charge in [0.2, 0.25) is 11.8 Å². The lowest BCUT2D eigenvalue weighted by atomic mass is 9.93. The molecule has 2 aliphatic heterocycles. The normalized spacial score (nSPS) is 24.5. The third-order valence-electron chi connectivity index (χ3n) is 4.26. The molecule has 2 N–H and O–H groups in total. The number of likely N-dealkylation sites (tertiary alicyclic amines) is 1. The van der Waals surface area contributed by atoms with Gasteiger partial charge in [0.25, 0.3) is 0 Å². The minimum Gasteiger partial charge on any atom is -0.480 e. The minimum atomic E-state index is -1.05. The predicted molar refractivity (Wildman–Crippen MR) is 78.2 cm³/mol. The molecule has 0 aromatic carbocycles. The fourth-order valence-corrected chi connectivity index (χ4v) is 3.01. The van der Waals surface area contributed by atoms with E-state index >= 15 is 0 Å². The van der Waals surface area contributed by atoms with Crippen molar-refractivity contribution in [2.24, 2.45) is 5.92 Å². The summed E-state index contributed by atoms with van der Waals surface area (Å²) in [6.07, 6.45) is 4.72. The molecule has 2 heterocycles. The van der Waals surface area contributed by atoms with E-state index in [2.05, 4.69) is 5.32 Å². The van der Waals surface area contributed by atoms with Gasteiger partial charge in [0.15, 0.2) is 0 Å². The number of aliphatic carboxylic acids is 1. The number of nitrogens with one attached hydrogen (secondary N) is 1. The molecule has 0 spiro atoms. The summed E-state index contributed by atoms with van der Waals surface area (Å²) < 4.78 is 5.30. The molecule has 22 heavy (non-hydrogen) atoms. The zero-order chi connectivity index (χ0) is 15.9. The van der Waals surface area contributed by atoms with Gasteiger partial charge >= 0.3 is 5.97 Å². The maximum absolute atomic E-state index is 12.1. The number of hydrogen-bond donors (Lipinski definition) is 2. The average Bonchev–Trinajstić information content (AvgIpc) is 2.70. The molecule has 2 atom stereocenters. The number of carbonyl (C=O) groups excluding carboxylic acids is 2. The first-order valence-corrected chi connectivity index (χ1v) is 7.95. The minimum absolute atomic E-state index is 0.0273. The Morgan fingerprint density at radius 3 is 2.82 bits per heavy atom. The first-order chi connectivity index (χ1) is 10.6. The Balaban J connectivity index is 1.89. The molecule has 2 aliphatic rings. The van der Waals surface area contributed by atoms with Crippen LogP contribution in [0.3, 0.4) is 0 Å². The maximum Gasteiger partial charge on any atom is 0.326 e. The molecule has 0 aromatic rings. The van der Waals surface area contributed by atoms with Gasteiger partial charge in [-0.15, -0.1) is 0 Å². The number of rotatable bonds is 5. The van der Waals surface area contributed by atoms with Gasteiger partial charge in [-0.2, -0.15) is 0 Å². The second kappa shape index (κ2) is 8.12. The highest BCUT2D eigenvalue weighted by atomic mass is 16.5. The molecular weight excluding hydrogens is 288 g/mol. The van der Waals surface area contributed by atoms with Crippen molar-refractivity contribution in [1.82, 2.24) is 10.2 Å². The quantitative estimate of drug-likeness (QED) is 0.765. The Kier molecular flexibility index (Phi) is 6.18. The van der Waals surface area contributed by atoms with Crippen LogP contribution in [0.25, 0.3) is 0 Å². The van der Waals surface area contributed by atoms with Crippen molar-refractivity contribution < 1.29 is 24.2 Å². The Morgan fingerprint density at radius 1 is 1.32 bits per heavy atom. The van der Waals surface area contributed by atoms with Crippen molar-refractivity contribution in [3.05, 3.63) is 0 Å². The second-order valence-electron chi connectivity index (χ2n) is 5.99. The van der Waals surface area contributed by atoms with Crippen molar-refractivity contribution in [3.8, 4) is 0 Å². The second-order valence-corrected chi connectivity index (χ2v) is 5.99. The summed E-state index contributed by atoms with van der Waals surface area (Å²) in [6.45, 7) is 1.49. The summed E-state index contributed by atoms with van der Waals surface area (Å²) in [4.78, 5) is 36.9. The van der Waals surface area contributed by atoms with E-state index in [4.69, 9.17) is 4.74 Å². The van der Waals surface area contributed by atoms with Gasteiger partial charge in [-0.05, 0) is 25.7 Å². The molecule has 0 saturated carbocycles. The van der Waals surface area contributed by atoms with Gasteiger partial charge in [-0.25, -0.2) is 4.79 Å². The zero-order valence-corrected chi connectivity index (χ0v) is 12.8. The molecule has 0 bridgehead atoms. The molecule has 124 valence electrons. The summed E-state index contributed by atoms with van der Waals surface area (Å²) >= 11 is 0. The number of ether oxygens (including phenoxy) is 1. The Labute approximate surface area is 130 Å². The fourth-order valence-electron chi connectivity index (χ4n) is 3.01. The van der Waals surface area contributed by atoms with Crippen molar-refractivity contribution in [1.29, 1.82) is 0 Å². The van der Waals surface area contributed by atoms with Crippen molar-refractivity contribution >= 4 is 17.8 Å². The number of nitrogens with zero attached hydrogens (tertiary/aromatic N) is 1. The number of hydrogen-bond acceptors (Lipinski definition) is 4. The van der Waals surface area contributed by atoms with Crippen LogP contribution < -0.4 is 5.32 Å². The molecular formula is C15H24N2O5. The van der Waals surface area contributed by atoms with Crippen LogP contribution in [0.1, 0.15) is 38.5 Å². The van der Waals surface area contributed by atoms with E-state index in [1.807, 2.05) is 0 Å². The lowest BCUT2D eigenvalue weighted by Gasteiger charge is -2.29. The van der Waals surface area contributed by atoms with E-state index in [0.717, 1.165) is 32.1 Å². The fraction of sp³-hybridized carbons (Fsp3) is 0.800. The van der Waals surface area contributed by atoms with Crippen LogP contribution in [-0.4, -0.2) is 60.1 Å². The highest BCUT2D eigenvalue weighted by Gasteiger charge is 2.32. The van der Waals surface area contributed by atoms with E-state index in [-0.39, 0.29) is 18.4 Å². The summed E-state index contributed by atoms with van der Waals surface area (Å²) in [5.41, 5.74) is 0. The van der Waals surface area contributed by atoms with Gasteiger partial charge in [0.05, 0.1) is 13.2 Å². The first kappa shape index (κ1) is 16.7. The summed E-state index contributed by atoms with van der Waals surface area (Å²) in [5.74, 6) is -1.70. The zero-order valence-electron chi connectivity index (χ0n) is 12.8. The van der Waals surface area contributed by atoms with Crippen LogP contribution in [0.4, 0.5) is 0 Å². The van der Waals surface area contributed by atoms with Crippen molar-refractivity contribution in [2.75, 3.05) is 26.3 Å². The van der Waals surface area contributed by atoms with E-state index in [1.165, 1.54) is 4.90 Å². The highest BCUT2D eigenvalue weighted by molar-refractivity contribution is 5.88. The topological polar surface area (TPSA) is 95.9 Å². The van der Waals surface area contributed by atoms with Gasteiger partial charge in [0.1, 0.15) is 6.04 Å². The van der Waals surface area contributed by atoms with Gasteiger partial charge < -0.3 is 20.1 Å². The molecule has 7 heteroatoms. The maximum atomic E-state index is 12.1. The largest absolute Gasteiger partial charge is 0.480 e. The van der Waals surface area contributed by atoms with Crippen LogP contribution in [0, 0.1) is 5.92 Å². The predicted octanol–water partition coefficient (Wildman–Crippen LogP) is 0.385. The number of carboxylic acid groups (broad SMARTS) is 1. The van der Waals surface area contributed by atoms with Crippen LogP contribution in [0.5, 0.6) is 0 Å². The number of amides is 2. The van der Waals surface area contributed by atoms with Crippen LogP contribution in [0.15, 0.2) is 0 Å². The number of carbonyl (C=O) groups is 3. The Bertz CT molecular complexity index is 420. The molecule has 2 fully saturated rings. The van der Waals surface area contributed by atoms with Crippen LogP contribution in [0.2, 0.25) is 0 Å². The average molecular weight is 312 g/mol. The lowest BCUT2D eigenvalue weighted by molar-refractivity contribution is -0.145. The monoisotopic (exact) mass is 312 g/mol. The van der Waals surface area contributed by atoms with Crippen LogP contribution >= 0.6 is 0 Å².